The van der Waals surface area contributed by atoms with E-state index in [2.05, 4.69) is 23.3 Å². The molecule has 0 aliphatic carbocycles. The fourth-order valence-electron chi connectivity index (χ4n) is 5.23. The standard InChI is InChI=1S/C33H37F4N3O3/c1-3-5-16-40-29-21-26(41-19-17-39-14-6-7-15-39)22-30(42-18-4-2)31(29)38-32(40)23-8-10-24(11-9-23)43-25-12-13-28(34)27(20-25)33(35,36)37/h8-13,20-22H,3-7,14-19H2,1-2H3. The summed E-state index contributed by atoms with van der Waals surface area (Å²) in [4.78, 5) is 7.41. The van der Waals surface area contributed by atoms with Crippen molar-refractivity contribution in [3.8, 4) is 34.4 Å². The molecule has 0 radical (unpaired) electrons. The molecule has 0 unspecified atom stereocenters. The lowest BCUT2D eigenvalue weighted by molar-refractivity contribution is -0.140. The minimum Gasteiger partial charge on any atom is -0.492 e. The van der Waals surface area contributed by atoms with E-state index in [0.29, 0.717) is 30.8 Å². The van der Waals surface area contributed by atoms with Crippen LogP contribution >= 0.6 is 0 Å². The van der Waals surface area contributed by atoms with Gasteiger partial charge in [-0.25, -0.2) is 9.37 Å². The molecule has 0 atom stereocenters. The summed E-state index contributed by atoms with van der Waals surface area (Å²) in [6.07, 6.45) is 0.442. The average molecular weight is 600 g/mol. The van der Waals surface area contributed by atoms with Crippen LogP contribution in [0.1, 0.15) is 51.5 Å². The van der Waals surface area contributed by atoms with Crippen LogP contribution in [0.15, 0.2) is 54.6 Å². The van der Waals surface area contributed by atoms with Crippen molar-refractivity contribution in [2.45, 2.75) is 58.7 Å². The number of halogens is 4. The van der Waals surface area contributed by atoms with Crippen LogP contribution in [0.5, 0.6) is 23.0 Å². The molecule has 230 valence electrons. The topological polar surface area (TPSA) is 48.8 Å². The molecule has 43 heavy (non-hydrogen) atoms. The van der Waals surface area contributed by atoms with Crippen molar-refractivity contribution < 1.29 is 31.8 Å². The van der Waals surface area contributed by atoms with Crippen LogP contribution in [-0.2, 0) is 12.7 Å². The second kappa shape index (κ2) is 13.7. The quantitative estimate of drug-likeness (QED) is 0.144. The lowest BCUT2D eigenvalue weighted by Crippen LogP contribution is -2.25. The first kappa shape index (κ1) is 30.7. The molecule has 1 aliphatic rings. The van der Waals surface area contributed by atoms with E-state index in [1.54, 1.807) is 12.1 Å². The van der Waals surface area contributed by atoms with Gasteiger partial charge in [0.1, 0.15) is 41.0 Å². The minimum absolute atomic E-state index is 0.105. The third kappa shape index (κ3) is 7.41. The molecule has 10 heteroatoms. The van der Waals surface area contributed by atoms with Crippen LogP contribution in [-0.4, -0.2) is 47.3 Å². The Morgan fingerprint density at radius 2 is 1.56 bits per heavy atom. The number of likely N-dealkylation sites (tertiary alicyclic amines) is 1. The van der Waals surface area contributed by atoms with Crippen LogP contribution in [0.2, 0.25) is 0 Å². The zero-order valence-electron chi connectivity index (χ0n) is 24.6. The van der Waals surface area contributed by atoms with Gasteiger partial charge in [-0.3, -0.25) is 4.90 Å². The molecule has 0 saturated carbocycles. The van der Waals surface area contributed by atoms with E-state index in [4.69, 9.17) is 19.2 Å². The fraction of sp³-hybridized carbons (Fsp3) is 0.424. The van der Waals surface area contributed by atoms with Crippen molar-refractivity contribution in [2.24, 2.45) is 0 Å². The smallest absolute Gasteiger partial charge is 0.419 e. The van der Waals surface area contributed by atoms with Gasteiger partial charge in [0.2, 0.25) is 0 Å². The number of alkyl halides is 3. The summed E-state index contributed by atoms with van der Waals surface area (Å²) < 4.78 is 73.3. The lowest BCUT2D eigenvalue weighted by Gasteiger charge is -2.16. The van der Waals surface area contributed by atoms with Gasteiger partial charge >= 0.3 is 6.18 Å². The van der Waals surface area contributed by atoms with E-state index in [0.717, 1.165) is 79.7 Å². The Labute approximate surface area is 249 Å². The minimum atomic E-state index is -4.82. The normalized spacial score (nSPS) is 14.0. The maximum atomic E-state index is 13.7. The number of imidazole rings is 1. The summed E-state index contributed by atoms with van der Waals surface area (Å²) >= 11 is 0. The number of hydrogen-bond acceptors (Lipinski definition) is 5. The second-order valence-electron chi connectivity index (χ2n) is 10.7. The highest BCUT2D eigenvalue weighted by molar-refractivity contribution is 5.87. The van der Waals surface area contributed by atoms with Gasteiger partial charge in [-0.15, -0.1) is 0 Å². The summed E-state index contributed by atoms with van der Waals surface area (Å²) in [5.74, 6) is 1.02. The van der Waals surface area contributed by atoms with Crippen molar-refractivity contribution in [3.05, 3.63) is 66.0 Å². The molecule has 3 aromatic carbocycles. The Morgan fingerprint density at radius 3 is 2.26 bits per heavy atom. The van der Waals surface area contributed by atoms with Crippen molar-refractivity contribution in [3.63, 3.8) is 0 Å². The molecule has 0 amide bonds. The van der Waals surface area contributed by atoms with Crippen molar-refractivity contribution >= 4 is 11.0 Å². The Bertz CT molecular complexity index is 1510. The van der Waals surface area contributed by atoms with Gasteiger partial charge in [-0.1, -0.05) is 20.3 Å². The number of aryl methyl sites for hydroxylation is 1. The van der Waals surface area contributed by atoms with E-state index in [9.17, 15) is 17.6 Å². The molecule has 1 aromatic heterocycles. The monoisotopic (exact) mass is 599 g/mol. The molecule has 0 bridgehead atoms. The predicted molar refractivity (Wildman–Crippen MR) is 159 cm³/mol. The highest BCUT2D eigenvalue weighted by Gasteiger charge is 2.34. The highest BCUT2D eigenvalue weighted by Crippen LogP contribution is 2.37. The number of nitrogens with zero attached hydrogens (tertiary/aromatic N) is 3. The molecule has 6 nitrogen and oxygen atoms in total. The van der Waals surface area contributed by atoms with E-state index in [1.165, 1.54) is 18.9 Å². The average Bonchev–Trinajstić information content (AvgIpc) is 3.64. The summed E-state index contributed by atoms with van der Waals surface area (Å²) in [5, 5.41) is 0. The van der Waals surface area contributed by atoms with Gasteiger partial charge in [0.15, 0.2) is 5.75 Å². The third-order valence-electron chi connectivity index (χ3n) is 7.46. The molecule has 1 aliphatic heterocycles. The molecule has 5 rings (SSSR count). The Balaban J connectivity index is 1.44. The van der Waals surface area contributed by atoms with Gasteiger partial charge in [0, 0.05) is 30.8 Å². The molecular weight excluding hydrogens is 562 g/mol. The first-order valence-corrected chi connectivity index (χ1v) is 14.9. The van der Waals surface area contributed by atoms with Gasteiger partial charge in [0.25, 0.3) is 0 Å². The fourth-order valence-corrected chi connectivity index (χ4v) is 5.23. The summed E-state index contributed by atoms with van der Waals surface area (Å²) in [5.41, 5.74) is 1.11. The van der Waals surface area contributed by atoms with Crippen molar-refractivity contribution in [1.29, 1.82) is 0 Å². The SMILES string of the molecule is CCCCn1c(-c2ccc(Oc3ccc(F)c(C(F)(F)F)c3)cc2)nc2c(OCCC)cc(OCCN3CCCC3)cc21. The van der Waals surface area contributed by atoms with Crippen LogP contribution < -0.4 is 14.2 Å². The molecule has 2 heterocycles. The number of aromatic nitrogens is 2. The van der Waals surface area contributed by atoms with Crippen LogP contribution in [0, 0.1) is 5.82 Å². The Kier molecular flexibility index (Phi) is 9.75. The lowest BCUT2D eigenvalue weighted by atomic mass is 10.2. The molecular formula is C33H37F4N3O3. The Hall–Kier alpha value is -3.79. The van der Waals surface area contributed by atoms with Gasteiger partial charge in [-0.2, -0.15) is 13.2 Å². The third-order valence-corrected chi connectivity index (χ3v) is 7.46. The molecule has 1 fully saturated rings. The molecule has 1 saturated heterocycles. The van der Waals surface area contributed by atoms with Crippen molar-refractivity contribution in [2.75, 3.05) is 32.8 Å². The van der Waals surface area contributed by atoms with Gasteiger partial charge in [0.05, 0.1) is 17.7 Å². The highest BCUT2D eigenvalue weighted by atomic mass is 19.4. The van der Waals surface area contributed by atoms with Crippen LogP contribution in [0.25, 0.3) is 22.4 Å². The molecule has 4 aromatic rings. The van der Waals surface area contributed by atoms with E-state index >= 15 is 0 Å². The van der Waals surface area contributed by atoms with E-state index in [-0.39, 0.29) is 5.75 Å². The van der Waals surface area contributed by atoms with Crippen LogP contribution in [0.4, 0.5) is 17.6 Å². The number of fused-ring (bicyclic) bond motifs is 1. The number of ether oxygens (including phenoxy) is 3. The van der Waals surface area contributed by atoms with E-state index < -0.39 is 17.6 Å². The summed E-state index contributed by atoms with van der Waals surface area (Å²) in [7, 11) is 0. The van der Waals surface area contributed by atoms with Gasteiger partial charge < -0.3 is 18.8 Å². The number of hydrogen-bond donors (Lipinski definition) is 0. The largest absolute Gasteiger partial charge is 0.492 e. The molecule has 0 N–H and O–H groups in total. The number of benzene rings is 3. The van der Waals surface area contributed by atoms with Crippen LogP contribution in [0.3, 0.4) is 0 Å². The second-order valence-corrected chi connectivity index (χ2v) is 10.7. The zero-order chi connectivity index (χ0) is 30.4. The molecule has 0 spiro atoms. The summed E-state index contributed by atoms with van der Waals surface area (Å²) in [6, 6.07) is 13.5. The number of rotatable bonds is 13. The first-order valence-electron chi connectivity index (χ1n) is 14.9. The zero-order valence-corrected chi connectivity index (χ0v) is 24.6. The van der Waals surface area contributed by atoms with Crippen molar-refractivity contribution in [1.82, 2.24) is 14.5 Å². The maximum absolute atomic E-state index is 13.7. The number of unbranched alkanes of at least 4 members (excludes halogenated alkanes) is 1. The van der Waals surface area contributed by atoms with Gasteiger partial charge in [-0.05, 0) is 81.2 Å². The maximum Gasteiger partial charge on any atom is 0.419 e. The summed E-state index contributed by atoms with van der Waals surface area (Å²) in [6.45, 7) is 9.18. The van der Waals surface area contributed by atoms with E-state index in [1.807, 2.05) is 24.3 Å². The predicted octanol–water partition coefficient (Wildman–Crippen LogP) is 8.72. The first-order chi connectivity index (χ1) is 20.8. The Morgan fingerprint density at radius 1 is 0.814 bits per heavy atom.